The molecule has 0 radical (unpaired) electrons. The highest BCUT2D eigenvalue weighted by molar-refractivity contribution is 5.70. The van der Waals surface area contributed by atoms with Crippen molar-refractivity contribution in [2.75, 3.05) is 0 Å². The number of unbranched alkanes of at least 4 members (excludes halogenated alkanes) is 1. The zero-order chi connectivity index (χ0) is 27.4. The highest BCUT2D eigenvalue weighted by Crippen LogP contribution is 2.43. The van der Waals surface area contributed by atoms with E-state index in [9.17, 15) is 4.79 Å². The molecule has 1 N–H and O–H groups in total. The van der Waals surface area contributed by atoms with Gasteiger partial charge in [0.2, 0.25) is 5.82 Å². The summed E-state index contributed by atoms with van der Waals surface area (Å²) in [6.45, 7) is 9.59. The van der Waals surface area contributed by atoms with E-state index in [2.05, 4.69) is 82.3 Å². The molecule has 0 amide bonds. The number of aromatic nitrogens is 7. The largest absolute Gasteiger partial charge is 0.328 e. The molecule has 1 saturated carbocycles. The highest BCUT2D eigenvalue weighted by atomic mass is 16.1. The van der Waals surface area contributed by atoms with E-state index in [1.807, 2.05) is 29.0 Å². The molecule has 0 spiro atoms. The summed E-state index contributed by atoms with van der Waals surface area (Å²) in [6, 6.07) is 12.5. The quantitative estimate of drug-likeness (QED) is 0.261. The fraction of sp³-hybridized carbons (Fsp3) is 0.516. The normalized spacial score (nSPS) is 19.6. The summed E-state index contributed by atoms with van der Waals surface area (Å²) in [6.07, 6.45) is 11.9. The predicted octanol–water partition coefficient (Wildman–Crippen LogP) is 6.31. The van der Waals surface area contributed by atoms with Gasteiger partial charge in [0.25, 0.3) is 0 Å². The molecule has 3 aromatic heterocycles. The number of aromatic amines is 1. The van der Waals surface area contributed by atoms with Crippen LogP contribution in [0.5, 0.6) is 0 Å². The number of H-pyrrole nitrogens is 1. The van der Waals surface area contributed by atoms with E-state index in [0.717, 1.165) is 53.8 Å². The van der Waals surface area contributed by atoms with E-state index >= 15 is 0 Å². The van der Waals surface area contributed by atoms with Gasteiger partial charge in [-0.05, 0) is 78.0 Å². The Labute approximate surface area is 230 Å². The zero-order valence-corrected chi connectivity index (χ0v) is 23.7. The second-order valence-corrected chi connectivity index (χ2v) is 11.3. The Balaban J connectivity index is 1.49. The summed E-state index contributed by atoms with van der Waals surface area (Å²) in [4.78, 5) is 18.8. The van der Waals surface area contributed by atoms with Crippen molar-refractivity contribution in [2.24, 2.45) is 17.8 Å². The van der Waals surface area contributed by atoms with Crippen LogP contribution in [0.1, 0.15) is 83.6 Å². The number of hydrogen-bond acceptors (Lipinski definition) is 5. The van der Waals surface area contributed by atoms with E-state index in [0.29, 0.717) is 30.1 Å². The smallest absolute Gasteiger partial charge is 0.295 e. The van der Waals surface area contributed by atoms with Crippen LogP contribution in [0.15, 0.2) is 53.6 Å². The summed E-state index contributed by atoms with van der Waals surface area (Å²) in [7, 11) is 0. The lowest BCUT2D eigenvalue weighted by Crippen LogP contribution is -2.39. The summed E-state index contributed by atoms with van der Waals surface area (Å²) in [5.74, 6) is 2.20. The summed E-state index contributed by atoms with van der Waals surface area (Å²) < 4.78 is 4.09. The minimum atomic E-state index is 0.114. The van der Waals surface area contributed by atoms with Gasteiger partial charge in [-0.2, -0.15) is 5.21 Å². The van der Waals surface area contributed by atoms with Crippen LogP contribution >= 0.6 is 0 Å². The second-order valence-electron chi connectivity index (χ2n) is 11.3. The SMILES string of the molecule is CCCCc1cn(C2C(CC)CCCC2C(C)C)c(=O)n1Cc1cc(-c2cccc(-c3nn[nH]n3)c2)ccn1. The Morgan fingerprint density at radius 1 is 1.08 bits per heavy atom. The molecule has 206 valence electrons. The molecule has 3 heterocycles. The van der Waals surface area contributed by atoms with Crippen molar-refractivity contribution < 1.29 is 0 Å². The molecule has 1 aromatic carbocycles. The molecule has 39 heavy (non-hydrogen) atoms. The van der Waals surface area contributed by atoms with Crippen molar-refractivity contribution in [3.8, 4) is 22.5 Å². The first-order valence-corrected chi connectivity index (χ1v) is 14.6. The van der Waals surface area contributed by atoms with Gasteiger partial charge in [0.1, 0.15) is 0 Å². The minimum absolute atomic E-state index is 0.114. The van der Waals surface area contributed by atoms with Gasteiger partial charge in [-0.25, -0.2) is 4.79 Å². The average molecular weight is 528 g/mol. The van der Waals surface area contributed by atoms with Gasteiger partial charge < -0.3 is 0 Å². The van der Waals surface area contributed by atoms with Crippen molar-refractivity contribution in [1.82, 2.24) is 34.7 Å². The maximum atomic E-state index is 14.1. The highest BCUT2D eigenvalue weighted by Gasteiger charge is 2.36. The first-order chi connectivity index (χ1) is 19.0. The molecule has 0 aliphatic heterocycles. The van der Waals surface area contributed by atoms with Crippen LogP contribution in [-0.2, 0) is 13.0 Å². The average Bonchev–Trinajstić information content (AvgIpc) is 3.61. The van der Waals surface area contributed by atoms with E-state index in [-0.39, 0.29) is 11.7 Å². The monoisotopic (exact) mass is 527 g/mol. The Hall–Kier alpha value is -3.55. The lowest BCUT2D eigenvalue weighted by molar-refractivity contribution is 0.113. The van der Waals surface area contributed by atoms with Gasteiger partial charge >= 0.3 is 5.69 Å². The number of aryl methyl sites for hydroxylation is 1. The van der Waals surface area contributed by atoms with Gasteiger partial charge in [0, 0.05) is 29.7 Å². The van der Waals surface area contributed by atoms with Crippen LogP contribution < -0.4 is 5.69 Å². The lowest BCUT2D eigenvalue weighted by Gasteiger charge is -2.40. The van der Waals surface area contributed by atoms with E-state index in [4.69, 9.17) is 0 Å². The Kier molecular flexibility index (Phi) is 8.38. The van der Waals surface area contributed by atoms with Crippen LogP contribution in [0.3, 0.4) is 0 Å². The van der Waals surface area contributed by atoms with E-state index in [1.54, 1.807) is 0 Å². The van der Waals surface area contributed by atoms with E-state index in [1.165, 1.54) is 19.3 Å². The van der Waals surface area contributed by atoms with Crippen LogP contribution in [0.25, 0.3) is 22.5 Å². The minimum Gasteiger partial charge on any atom is -0.295 e. The van der Waals surface area contributed by atoms with Gasteiger partial charge in [0.15, 0.2) is 0 Å². The number of benzene rings is 1. The molecule has 1 fully saturated rings. The Bertz CT molecular complexity index is 1420. The number of nitrogens with one attached hydrogen (secondary N) is 1. The summed E-state index contributed by atoms with van der Waals surface area (Å²) in [5.41, 5.74) is 5.11. The molecular formula is C31H41N7O. The van der Waals surface area contributed by atoms with Crippen molar-refractivity contribution in [3.63, 3.8) is 0 Å². The molecule has 5 rings (SSSR count). The molecular weight excluding hydrogens is 486 g/mol. The molecule has 0 saturated heterocycles. The standard InChI is InChI=1S/C31H41N7O/c1-5-7-13-27-20-38(29-22(6-2)10-9-14-28(29)21(3)4)31(39)37(27)19-26-18-24(15-16-32-26)23-11-8-12-25(17-23)30-33-35-36-34-30/h8,11-12,15-18,20-22,28-29H,5-7,9-10,13-14,19H2,1-4H3,(H,33,34,35,36). The molecule has 3 unspecified atom stereocenters. The van der Waals surface area contributed by atoms with Gasteiger partial charge in [-0.15, -0.1) is 10.2 Å². The molecule has 4 aromatic rings. The fourth-order valence-corrected chi connectivity index (χ4v) is 6.43. The number of rotatable bonds is 10. The van der Waals surface area contributed by atoms with Crippen molar-refractivity contribution in [3.05, 3.63) is 70.7 Å². The Morgan fingerprint density at radius 2 is 1.90 bits per heavy atom. The van der Waals surface area contributed by atoms with Crippen LogP contribution in [0.4, 0.5) is 0 Å². The first kappa shape index (κ1) is 27.0. The predicted molar refractivity (Wildman–Crippen MR) is 154 cm³/mol. The molecule has 0 bridgehead atoms. The lowest BCUT2D eigenvalue weighted by atomic mass is 9.71. The Morgan fingerprint density at radius 3 is 2.64 bits per heavy atom. The molecule has 1 aliphatic rings. The van der Waals surface area contributed by atoms with Crippen molar-refractivity contribution in [1.29, 1.82) is 0 Å². The molecule has 1 aliphatic carbocycles. The zero-order valence-electron chi connectivity index (χ0n) is 23.7. The number of imidazole rings is 1. The number of pyridine rings is 1. The third-order valence-corrected chi connectivity index (χ3v) is 8.55. The molecule has 3 atom stereocenters. The van der Waals surface area contributed by atoms with Crippen molar-refractivity contribution in [2.45, 2.75) is 85.2 Å². The number of tetrazole rings is 1. The van der Waals surface area contributed by atoms with Crippen LogP contribution in [0, 0.1) is 17.8 Å². The topological polar surface area (TPSA) is 94.3 Å². The number of hydrogen-bond donors (Lipinski definition) is 1. The summed E-state index contributed by atoms with van der Waals surface area (Å²) >= 11 is 0. The molecule has 8 heteroatoms. The van der Waals surface area contributed by atoms with Gasteiger partial charge in [-0.1, -0.05) is 65.2 Å². The van der Waals surface area contributed by atoms with Crippen molar-refractivity contribution >= 4 is 0 Å². The first-order valence-electron chi connectivity index (χ1n) is 14.6. The van der Waals surface area contributed by atoms with Crippen LogP contribution in [0.2, 0.25) is 0 Å². The second kappa shape index (κ2) is 12.1. The van der Waals surface area contributed by atoms with Gasteiger partial charge in [-0.3, -0.25) is 14.1 Å². The van der Waals surface area contributed by atoms with E-state index < -0.39 is 0 Å². The fourth-order valence-electron chi connectivity index (χ4n) is 6.43. The third-order valence-electron chi connectivity index (χ3n) is 8.55. The molecule has 8 nitrogen and oxygen atoms in total. The summed E-state index contributed by atoms with van der Waals surface area (Å²) in [5, 5.41) is 14.4. The van der Waals surface area contributed by atoms with Crippen LogP contribution in [-0.4, -0.2) is 34.7 Å². The van der Waals surface area contributed by atoms with Gasteiger partial charge in [0.05, 0.1) is 12.2 Å². The maximum absolute atomic E-state index is 14.1. The maximum Gasteiger partial charge on any atom is 0.328 e. The third kappa shape index (κ3) is 5.75. The number of nitrogens with zero attached hydrogens (tertiary/aromatic N) is 6.